The molecule has 3 fully saturated rings. The highest BCUT2D eigenvalue weighted by Crippen LogP contribution is 2.58. The maximum atomic E-state index is 5.30. The first kappa shape index (κ1) is 20.0. The Hall–Kier alpha value is -2.24. The minimum absolute atomic E-state index is 0.0948. The van der Waals surface area contributed by atoms with E-state index < -0.39 is 0 Å². The van der Waals surface area contributed by atoms with E-state index in [1.165, 1.54) is 16.8 Å². The second kappa shape index (κ2) is 8.25. The standard InChI is InChI=1S/C24H30N4S/c1-25-23(29)27-26-21-16-24(28(2)3)14-19(17-10-6-4-7-11-17)22(21)20(15-24)18-12-8-5-9-13-18/h4-13,19-20,22H,14-16H2,1-3H3,(H2,25,27,29)/b26-21+/t19-,20-,22?,24?/m0/s1. The zero-order chi connectivity index (χ0) is 20.4. The van der Waals surface area contributed by atoms with Gasteiger partial charge in [-0.2, -0.15) is 5.10 Å². The van der Waals surface area contributed by atoms with Crippen molar-refractivity contribution in [3.05, 3.63) is 71.8 Å². The molecule has 29 heavy (non-hydrogen) atoms. The molecule has 2 aromatic rings. The summed E-state index contributed by atoms with van der Waals surface area (Å²) in [5, 5.41) is 8.38. The Morgan fingerprint density at radius 2 is 1.48 bits per heavy atom. The van der Waals surface area contributed by atoms with Gasteiger partial charge in [-0.15, -0.1) is 0 Å². The van der Waals surface area contributed by atoms with E-state index in [9.17, 15) is 0 Å². The third-order valence-corrected chi connectivity index (χ3v) is 7.19. The van der Waals surface area contributed by atoms with Crippen molar-refractivity contribution in [3.63, 3.8) is 0 Å². The molecule has 5 rings (SSSR count). The van der Waals surface area contributed by atoms with E-state index in [2.05, 4.69) is 90.4 Å². The first-order valence-electron chi connectivity index (χ1n) is 10.4. The highest BCUT2D eigenvalue weighted by molar-refractivity contribution is 7.80. The van der Waals surface area contributed by atoms with Crippen LogP contribution in [0.5, 0.6) is 0 Å². The molecule has 2 bridgehead atoms. The van der Waals surface area contributed by atoms with Crippen LogP contribution in [-0.2, 0) is 0 Å². The van der Waals surface area contributed by atoms with Crippen molar-refractivity contribution in [2.45, 2.75) is 36.6 Å². The van der Waals surface area contributed by atoms with Gasteiger partial charge in [-0.3, -0.25) is 5.43 Å². The number of nitrogens with one attached hydrogen (secondary N) is 2. The van der Waals surface area contributed by atoms with Crippen LogP contribution < -0.4 is 10.7 Å². The SMILES string of the molecule is CNC(=S)N/N=C1\CC2(N(C)C)C[C@@H](c3ccccc3)C1[C@H](c1ccccc1)C2. The van der Waals surface area contributed by atoms with Gasteiger partial charge in [0.05, 0.1) is 0 Å². The predicted octanol–water partition coefficient (Wildman–Crippen LogP) is 4.12. The number of hydrogen-bond donors (Lipinski definition) is 2. The Kier molecular flexibility index (Phi) is 5.70. The summed E-state index contributed by atoms with van der Waals surface area (Å²) in [7, 11) is 6.27. The maximum absolute atomic E-state index is 5.30. The lowest BCUT2D eigenvalue weighted by molar-refractivity contribution is 0.0487. The molecule has 0 amide bonds. The highest BCUT2D eigenvalue weighted by atomic mass is 32.1. The summed E-state index contributed by atoms with van der Waals surface area (Å²) >= 11 is 5.30. The van der Waals surface area contributed by atoms with Gasteiger partial charge in [0, 0.05) is 30.6 Å². The van der Waals surface area contributed by atoms with Crippen molar-refractivity contribution in [1.29, 1.82) is 0 Å². The quantitative estimate of drug-likeness (QED) is 0.592. The number of hydrazone groups is 1. The molecule has 5 heteroatoms. The van der Waals surface area contributed by atoms with Crippen LogP contribution in [0.25, 0.3) is 0 Å². The lowest BCUT2D eigenvalue weighted by atomic mass is 9.52. The van der Waals surface area contributed by atoms with E-state index in [0.29, 0.717) is 22.9 Å². The molecule has 3 aliphatic rings. The van der Waals surface area contributed by atoms with Crippen molar-refractivity contribution in [1.82, 2.24) is 15.6 Å². The third kappa shape index (κ3) is 3.81. The van der Waals surface area contributed by atoms with Crippen LogP contribution in [0.1, 0.15) is 42.2 Å². The second-order valence-electron chi connectivity index (χ2n) is 8.56. The van der Waals surface area contributed by atoms with Gasteiger partial charge in [0.25, 0.3) is 0 Å². The number of benzene rings is 2. The Balaban J connectivity index is 1.82. The van der Waals surface area contributed by atoms with Crippen molar-refractivity contribution in [3.8, 4) is 0 Å². The van der Waals surface area contributed by atoms with Crippen molar-refractivity contribution in [2.75, 3.05) is 21.1 Å². The molecule has 0 aromatic heterocycles. The van der Waals surface area contributed by atoms with Crippen LogP contribution in [-0.4, -0.2) is 42.4 Å². The zero-order valence-electron chi connectivity index (χ0n) is 17.4. The summed E-state index contributed by atoms with van der Waals surface area (Å²) in [5.74, 6) is 1.25. The van der Waals surface area contributed by atoms with Gasteiger partial charge in [-0.1, -0.05) is 60.7 Å². The van der Waals surface area contributed by atoms with E-state index in [4.69, 9.17) is 17.3 Å². The van der Waals surface area contributed by atoms with E-state index in [1.807, 2.05) is 7.05 Å². The molecular formula is C24H30N4S. The van der Waals surface area contributed by atoms with Gasteiger partial charge in [-0.05, 0) is 62.1 Å². The van der Waals surface area contributed by atoms with Gasteiger partial charge in [0.2, 0.25) is 0 Å². The van der Waals surface area contributed by atoms with E-state index in [-0.39, 0.29) is 5.54 Å². The van der Waals surface area contributed by atoms with Crippen LogP contribution in [0.15, 0.2) is 65.8 Å². The van der Waals surface area contributed by atoms with Gasteiger partial charge >= 0.3 is 0 Å². The lowest BCUT2D eigenvalue weighted by Crippen LogP contribution is -2.59. The number of thiocarbonyl (C=S) groups is 1. The molecule has 3 aliphatic carbocycles. The first-order valence-corrected chi connectivity index (χ1v) is 10.8. The molecule has 2 atom stereocenters. The fraction of sp³-hybridized carbons (Fsp3) is 0.417. The Morgan fingerprint density at radius 3 is 1.93 bits per heavy atom. The molecule has 0 radical (unpaired) electrons. The Labute approximate surface area is 179 Å². The average Bonchev–Trinajstić information content (AvgIpc) is 2.78. The summed E-state index contributed by atoms with van der Waals surface area (Å²) in [4.78, 5) is 2.43. The van der Waals surface area contributed by atoms with Crippen LogP contribution in [0, 0.1) is 5.92 Å². The van der Waals surface area contributed by atoms with Crippen LogP contribution in [0.2, 0.25) is 0 Å². The first-order chi connectivity index (χ1) is 14.0. The number of rotatable bonds is 4. The van der Waals surface area contributed by atoms with Crippen molar-refractivity contribution < 1.29 is 0 Å². The van der Waals surface area contributed by atoms with Crippen molar-refractivity contribution in [2.24, 2.45) is 11.0 Å². The molecule has 2 aromatic carbocycles. The fourth-order valence-corrected chi connectivity index (χ4v) is 5.41. The zero-order valence-corrected chi connectivity index (χ0v) is 18.2. The van der Waals surface area contributed by atoms with Crippen LogP contribution >= 0.6 is 12.2 Å². The van der Waals surface area contributed by atoms with E-state index in [0.717, 1.165) is 19.3 Å². The van der Waals surface area contributed by atoms with Crippen LogP contribution in [0.4, 0.5) is 0 Å². The molecular weight excluding hydrogens is 376 g/mol. The lowest BCUT2D eigenvalue weighted by Gasteiger charge is -2.58. The second-order valence-corrected chi connectivity index (χ2v) is 8.97. The topological polar surface area (TPSA) is 39.7 Å². The molecule has 4 nitrogen and oxygen atoms in total. The van der Waals surface area contributed by atoms with Gasteiger partial charge < -0.3 is 10.2 Å². The molecule has 0 unspecified atom stereocenters. The summed E-state index contributed by atoms with van der Waals surface area (Å²) in [6.45, 7) is 0. The number of hydrogen-bond acceptors (Lipinski definition) is 3. The smallest absolute Gasteiger partial charge is 0.186 e. The molecule has 0 heterocycles. The summed E-state index contributed by atoms with van der Waals surface area (Å²) in [6, 6.07) is 21.9. The third-order valence-electron chi connectivity index (χ3n) is 6.89. The Morgan fingerprint density at radius 1 is 0.966 bits per heavy atom. The molecule has 0 saturated heterocycles. The van der Waals surface area contributed by atoms with Gasteiger partial charge in [0.1, 0.15) is 0 Å². The summed E-state index contributed by atoms with van der Waals surface area (Å²) < 4.78 is 0. The monoisotopic (exact) mass is 406 g/mol. The molecule has 2 N–H and O–H groups in total. The van der Waals surface area contributed by atoms with Gasteiger partial charge in [-0.25, -0.2) is 0 Å². The Bertz CT molecular complexity index is 829. The summed E-state index contributed by atoms with van der Waals surface area (Å²) in [6.07, 6.45) is 3.30. The average molecular weight is 407 g/mol. The molecule has 0 aliphatic heterocycles. The largest absolute Gasteiger partial charge is 0.364 e. The van der Waals surface area contributed by atoms with Crippen LogP contribution in [0.3, 0.4) is 0 Å². The minimum Gasteiger partial charge on any atom is -0.364 e. The van der Waals surface area contributed by atoms with E-state index in [1.54, 1.807) is 0 Å². The highest BCUT2D eigenvalue weighted by Gasteiger charge is 2.55. The summed E-state index contributed by atoms with van der Waals surface area (Å²) in [5.41, 5.74) is 7.22. The maximum Gasteiger partial charge on any atom is 0.186 e. The predicted molar refractivity (Wildman–Crippen MR) is 124 cm³/mol. The number of nitrogens with zero attached hydrogens (tertiary/aromatic N) is 2. The molecule has 0 spiro atoms. The molecule has 3 saturated carbocycles. The van der Waals surface area contributed by atoms with Crippen molar-refractivity contribution >= 4 is 23.0 Å². The van der Waals surface area contributed by atoms with E-state index >= 15 is 0 Å². The normalized spacial score (nSPS) is 29.8. The fourth-order valence-electron chi connectivity index (χ4n) is 5.37. The number of fused-ring (bicyclic) bond motifs is 3. The minimum atomic E-state index is 0.0948. The van der Waals surface area contributed by atoms with Gasteiger partial charge in [0.15, 0.2) is 5.11 Å². The molecule has 152 valence electrons.